The van der Waals surface area contributed by atoms with Crippen LogP contribution in [0, 0.1) is 0 Å². The van der Waals surface area contributed by atoms with Gasteiger partial charge in [0.15, 0.2) is 0 Å². The van der Waals surface area contributed by atoms with Crippen LogP contribution in [0.2, 0.25) is 0 Å². The molecule has 5 N–H and O–H groups in total. The molecule has 184 valence electrons. The van der Waals surface area contributed by atoms with Crippen molar-refractivity contribution in [3.8, 4) is 0 Å². The van der Waals surface area contributed by atoms with E-state index in [0.29, 0.717) is 6.54 Å². The molecule has 4 amide bonds. The zero-order valence-electron chi connectivity index (χ0n) is 20.1. The van der Waals surface area contributed by atoms with E-state index in [2.05, 4.69) is 21.3 Å². The Hall–Kier alpha value is -3.62. The maximum atomic E-state index is 12.5. The van der Waals surface area contributed by atoms with Crippen molar-refractivity contribution in [1.82, 2.24) is 21.3 Å². The number of fused-ring (bicyclic) bond motifs is 1. The highest BCUT2D eigenvalue weighted by Crippen LogP contribution is 2.18. The molecule has 2 unspecified atom stereocenters. The number of hydrogen-bond acceptors (Lipinski definition) is 4. The molecule has 34 heavy (non-hydrogen) atoms. The lowest BCUT2D eigenvalue weighted by molar-refractivity contribution is -0.129. The summed E-state index contributed by atoms with van der Waals surface area (Å²) in [5, 5.41) is 21.7. The molecule has 0 spiro atoms. The standard InChI is InChI=1S/C25H34N4O5/c1-16(23(32)26-15-18-10-7-9-17-8-5-6-11-20(17)18)27-22(31)14-19(28-24(33)34)12-13-21(30)29-25(2,3)4/h5-11,16,19,28H,12-15H2,1-4H3,(H,26,32)(H,27,31)(H,29,30)(H,33,34). The summed E-state index contributed by atoms with van der Waals surface area (Å²) in [5.74, 6) is -1.07. The van der Waals surface area contributed by atoms with Crippen LogP contribution in [0.4, 0.5) is 4.79 Å². The van der Waals surface area contributed by atoms with Crippen molar-refractivity contribution in [3.63, 3.8) is 0 Å². The first-order valence-electron chi connectivity index (χ1n) is 11.3. The molecule has 0 saturated carbocycles. The fraction of sp³-hybridized carbons (Fsp3) is 0.440. The Labute approximate surface area is 199 Å². The molecular weight excluding hydrogens is 436 g/mol. The molecule has 9 nitrogen and oxygen atoms in total. The van der Waals surface area contributed by atoms with Crippen LogP contribution < -0.4 is 21.3 Å². The third-order valence-corrected chi connectivity index (χ3v) is 5.10. The van der Waals surface area contributed by atoms with Crippen molar-refractivity contribution >= 4 is 34.6 Å². The van der Waals surface area contributed by atoms with Gasteiger partial charge in [-0.05, 0) is 50.5 Å². The molecule has 0 aliphatic rings. The lowest BCUT2D eigenvalue weighted by atomic mass is 10.0. The van der Waals surface area contributed by atoms with E-state index in [-0.39, 0.29) is 31.1 Å². The third-order valence-electron chi connectivity index (χ3n) is 5.10. The number of carbonyl (C=O) groups is 4. The number of carbonyl (C=O) groups excluding carboxylic acids is 3. The maximum Gasteiger partial charge on any atom is 0.404 e. The minimum Gasteiger partial charge on any atom is -0.465 e. The molecule has 0 saturated heterocycles. The van der Waals surface area contributed by atoms with Gasteiger partial charge in [-0.1, -0.05) is 42.5 Å². The molecule has 0 heterocycles. The van der Waals surface area contributed by atoms with Crippen LogP contribution in [-0.4, -0.2) is 46.5 Å². The average molecular weight is 471 g/mol. The lowest BCUT2D eigenvalue weighted by Crippen LogP contribution is -2.47. The number of amides is 4. The highest BCUT2D eigenvalue weighted by Gasteiger charge is 2.22. The summed E-state index contributed by atoms with van der Waals surface area (Å²) in [6.07, 6.45) is -1.24. The van der Waals surface area contributed by atoms with Gasteiger partial charge in [0, 0.05) is 31.0 Å². The summed E-state index contributed by atoms with van der Waals surface area (Å²) in [6, 6.07) is 12.2. The molecule has 9 heteroatoms. The first-order valence-corrected chi connectivity index (χ1v) is 11.3. The van der Waals surface area contributed by atoms with E-state index in [1.54, 1.807) is 6.92 Å². The van der Waals surface area contributed by atoms with Gasteiger partial charge in [-0.15, -0.1) is 0 Å². The zero-order valence-corrected chi connectivity index (χ0v) is 20.1. The topological polar surface area (TPSA) is 137 Å². The summed E-state index contributed by atoms with van der Waals surface area (Å²) in [6.45, 7) is 7.41. The monoisotopic (exact) mass is 470 g/mol. The van der Waals surface area contributed by atoms with Crippen molar-refractivity contribution < 1.29 is 24.3 Å². The number of carboxylic acid groups (broad SMARTS) is 1. The third kappa shape index (κ3) is 9.09. The van der Waals surface area contributed by atoms with E-state index in [9.17, 15) is 19.2 Å². The van der Waals surface area contributed by atoms with Crippen LogP contribution >= 0.6 is 0 Å². The molecular formula is C25H34N4O5. The highest BCUT2D eigenvalue weighted by molar-refractivity contribution is 5.89. The Bertz CT molecular complexity index is 1030. The van der Waals surface area contributed by atoms with Gasteiger partial charge in [0.05, 0.1) is 0 Å². The second-order valence-electron chi connectivity index (χ2n) is 9.33. The Morgan fingerprint density at radius 2 is 1.62 bits per heavy atom. The average Bonchev–Trinajstić information content (AvgIpc) is 2.74. The van der Waals surface area contributed by atoms with Crippen LogP contribution in [0.25, 0.3) is 10.8 Å². The van der Waals surface area contributed by atoms with Gasteiger partial charge in [-0.25, -0.2) is 4.79 Å². The smallest absolute Gasteiger partial charge is 0.404 e. The van der Waals surface area contributed by atoms with Gasteiger partial charge in [-0.3, -0.25) is 14.4 Å². The number of hydrogen-bond donors (Lipinski definition) is 5. The fourth-order valence-electron chi connectivity index (χ4n) is 3.56. The number of rotatable bonds is 10. The van der Waals surface area contributed by atoms with E-state index in [1.165, 1.54) is 0 Å². The first-order chi connectivity index (χ1) is 15.9. The molecule has 2 rings (SSSR count). The quantitative estimate of drug-likeness (QED) is 0.364. The Kier molecular flexibility index (Phi) is 9.41. The van der Waals surface area contributed by atoms with Gasteiger partial charge in [-0.2, -0.15) is 0 Å². The predicted molar refractivity (Wildman–Crippen MR) is 130 cm³/mol. The van der Waals surface area contributed by atoms with Gasteiger partial charge < -0.3 is 26.4 Å². The molecule has 0 aliphatic heterocycles. The SMILES string of the molecule is CC(NC(=O)CC(CCC(=O)NC(C)(C)C)NC(=O)O)C(=O)NCc1cccc2ccccc12. The minimum atomic E-state index is -1.28. The van der Waals surface area contributed by atoms with Crippen molar-refractivity contribution in [2.24, 2.45) is 0 Å². The summed E-state index contributed by atoms with van der Waals surface area (Å²) >= 11 is 0. The van der Waals surface area contributed by atoms with E-state index in [1.807, 2.05) is 63.2 Å². The molecule has 0 radical (unpaired) electrons. The molecule has 0 aromatic heterocycles. The van der Waals surface area contributed by atoms with Gasteiger partial charge in [0.2, 0.25) is 17.7 Å². The van der Waals surface area contributed by atoms with Crippen molar-refractivity contribution in [2.45, 2.75) is 71.1 Å². The summed E-state index contributed by atoms with van der Waals surface area (Å²) < 4.78 is 0. The van der Waals surface area contributed by atoms with Crippen molar-refractivity contribution in [3.05, 3.63) is 48.0 Å². The summed E-state index contributed by atoms with van der Waals surface area (Å²) in [4.78, 5) is 48.1. The first kappa shape index (κ1) is 26.6. The molecule has 2 atom stereocenters. The van der Waals surface area contributed by atoms with E-state index >= 15 is 0 Å². The second kappa shape index (κ2) is 12.0. The highest BCUT2D eigenvalue weighted by atomic mass is 16.4. The second-order valence-corrected chi connectivity index (χ2v) is 9.33. The van der Waals surface area contributed by atoms with E-state index in [4.69, 9.17) is 5.11 Å². The molecule has 0 bridgehead atoms. The van der Waals surface area contributed by atoms with Crippen molar-refractivity contribution in [2.75, 3.05) is 0 Å². The van der Waals surface area contributed by atoms with Crippen LogP contribution in [-0.2, 0) is 20.9 Å². The maximum absolute atomic E-state index is 12.5. The van der Waals surface area contributed by atoms with Crippen LogP contribution in [0.15, 0.2) is 42.5 Å². The predicted octanol–water partition coefficient (Wildman–Crippen LogP) is 2.68. The summed E-state index contributed by atoms with van der Waals surface area (Å²) in [5.41, 5.74) is 0.558. The fourth-order valence-corrected chi connectivity index (χ4v) is 3.56. The molecule has 2 aromatic rings. The normalized spacial score (nSPS) is 12.9. The Balaban J connectivity index is 1.87. The lowest BCUT2D eigenvalue weighted by Gasteiger charge is -2.22. The Morgan fingerprint density at radius 1 is 0.941 bits per heavy atom. The molecule has 0 fully saturated rings. The van der Waals surface area contributed by atoms with Gasteiger partial charge in [0.1, 0.15) is 6.04 Å². The van der Waals surface area contributed by atoms with Crippen molar-refractivity contribution in [1.29, 1.82) is 0 Å². The summed E-state index contributed by atoms with van der Waals surface area (Å²) in [7, 11) is 0. The minimum absolute atomic E-state index is 0.0660. The number of benzene rings is 2. The van der Waals surface area contributed by atoms with E-state index in [0.717, 1.165) is 16.3 Å². The largest absolute Gasteiger partial charge is 0.465 e. The van der Waals surface area contributed by atoms with Gasteiger partial charge >= 0.3 is 6.09 Å². The van der Waals surface area contributed by atoms with Gasteiger partial charge in [0.25, 0.3) is 0 Å². The number of nitrogens with one attached hydrogen (secondary N) is 4. The zero-order chi connectivity index (χ0) is 25.3. The van der Waals surface area contributed by atoms with Crippen LogP contribution in [0.1, 0.15) is 52.5 Å². The molecule has 0 aliphatic carbocycles. The van der Waals surface area contributed by atoms with E-state index < -0.39 is 29.6 Å². The Morgan fingerprint density at radius 3 is 2.29 bits per heavy atom. The molecule has 2 aromatic carbocycles. The van der Waals surface area contributed by atoms with Crippen LogP contribution in [0.3, 0.4) is 0 Å². The van der Waals surface area contributed by atoms with Crippen LogP contribution in [0.5, 0.6) is 0 Å².